The van der Waals surface area contributed by atoms with Crippen LogP contribution in [0.25, 0.3) is 0 Å². The first-order valence-corrected chi connectivity index (χ1v) is 10.3. The van der Waals surface area contributed by atoms with Crippen LogP contribution in [0.5, 0.6) is 5.75 Å². The van der Waals surface area contributed by atoms with E-state index in [2.05, 4.69) is 10.2 Å². The highest BCUT2D eigenvalue weighted by molar-refractivity contribution is 5.99. The number of benzene rings is 1. The number of nitrogens with zero attached hydrogens (tertiary/aromatic N) is 3. The number of fused-ring (bicyclic) bond motifs is 4. The Morgan fingerprint density at radius 2 is 2.06 bits per heavy atom. The SMILES string of the molecule is NOc1c2n(cc(C(=O)NCc3ccc(F)cc3F)c1=O)C[C@@H]1N(C[C@H]3CCCN31)C2=O. The number of nitrogens with two attached hydrogens (primary N) is 1. The van der Waals surface area contributed by atoms with Crippen LogP contribution in [0.15, 0.2) is 29.2 Å². The number of rotatable bonds is 4. The van der Waals surface area contributed by atoms with Crippen molar-refractivity contribution in [1.82, 2.24) is 19.7 Å². The zero-order valence-electron chi connectivity index (χ0n) is 17.0. The van der Waals surface area contributed by atoms with Gasteiger partial charge >= 0.3 is 0 Å². The summed E-state index contributed by atoms with van der Waals surface area (Å²) < 4.78 is 28.5. The molecule has 0 aliphatic carbocycles. The van der Waals surface area contributed by atoms with Crippen LogP contribution in [0.4, 0.5) is 8.78 Å². The fourth-order valence-corrected chi connectivity index (χ4v) is 4.92. The van der Waals surface area contributed by atoms with E-state index in [0.29, 0.717) is 19.2 Å². The van der Waals surface area contributed by atoms with Gasteiger partial charge in [0.25, 0.3) is 11.8 Å². The van der Waals surface area contributed by atoms with E-state index in [1.807, 2.05) is 0 Å². The quantitative estimate of drug-likeness (QED) is 0.666. The third-order valence-electron chi connectivity index (χ3n) is 6.45. The molecule has 2 aromatic rings. The second-order valence-electron chi connectivity index (χ2n) is 8.21. The maximum Gasteiger partial charge on any atom is 0.275 e. The van der Waals surface area contributed by atoms with Crippen molar-refractivity contribution in [2.45, 2.75) is 38.1 Å². The molecule has 3 aliphatic rings. The van der Waals surface area contributed by atoms with Crippen LogP contribution in [0.1, 0.15) is 39.3 Å². The summed E-state index contributed by atoms with van der Waals surface area (Å²) in [5.41, 5.74) is -1.04. The average molecular weight is 445 g/mol. The highest BCUT2D eigenvalue weighted by Gasteiger charge is 2.48. The van der Waals surface area contributed by atoms with Crippen molar-refractivity contribution < 1.29 is 23.2 Å². The fourth-order valence-electron chi connectivity index (χ4n) is 4.92. The minimum absolute atomic E-state index is 0.0102. The molecule has 3 N–H and O–H groups in total. The fraction of sp³-hybridized carbons (Fsp3) is 0.381. The lowest BCUT2D eigenvalue weighted by molar-refractivity contribution is 0.0511. The van der Waals surface area contributed by atoms with E-state index in [1.165, 1.54) is 16.8 Å². The number of carbonyl (C=O) groups excluding carboxylic acids is 2. The second kappa shape index (κ2) is 7.68. The number of hydrogen-bond donors (Lipinski definition) is 2. The van der Waals surface area contributed by atoms with Gasteiger partial charge in [-0.15, -0.1) is 0 Å². The average Bonchev–Trinajstić information content (AvgIpc) is 3.35. The van der Waals surface area contributed by atoms with E-state index >= 15 is 0 Å². The Morgan fingerprint density at radius 1 is 1.25 bits per heavy atom. The first-order valence-electron chi connectivity index (χ1n) is 10.3. The number of pyridine rings is 1. The van der Waals surface area contributed by atoms with Gasteiger partial charge in [-0.3, -0.25) is 19.3 Å². The van der Waals surface area contributed by atoms with Gasteiger partial charge in [0.05, 0.1) is 6.54 Å². The molecule has 1 aromatic carbocycles. The molecule has 3 aliphatic heterocycles. The third kappa shape index (κ3) is 3.16. The summed E-state index contributed by atoms with van der Waals surface area (Å²) in [6, 6.07) is 3.27. The molecule has 4 heterocycles. The Bertz CT molecular complexity index is 1180. The summed E-state index contributed by atoms with van der Waals surface area (Å²) in [6.45, 7) is 1.56. The van der Waals surface area contributed by atoms with Crippen LogP contribution in [-0.4, -0.2) is 51.5 Å². The van der Waals surface area contributed by atoms with Crippen LogP contribution in [-0.2, 0) is 13.1 Å². The Kier molecular flexibility index (Phi) is 4.94. The zero-order valence-corrected chi connectivity index (χ0v) is 17.0. The molecule has 1 aromatic heterocycles. The second-order valence-corrected chi connectivity index (χ2v) is 8.21. The van der Waals surface area contributed by atoms with E-state index in [4.69, 9.17) is 10.7 Å². The minimum atomic E-state index is -0.831. The molecule has 2 fully saturated rings. The first-order chi connectivity index (χ1) is 15.4. The molecule has 2 amide bonds. The number of amides is 2. The molecule has 168 valence electrons. The zero-order chi connectivity index (χ0) is 22.6. The van der Waals surface area contributed by atoms with Crippen molar-refractivity contribution in [3.05, 3.63) is 63.1 Å². The molecule has 0 radical (unpaired) electrons. The number of carbonyl (C=O) groups is 2. The Balaban J connectivity index is 1.46. The molecule has 11 heteroatoms. The van der Waals surface area contributed by atoms with Gasteiger partial charge in [-0.05, 0) is 18.9 Å². The van der Waals surface area contributed by atoms with Crippen LogP contribution >= 0.6 is 0 Å². The lowest BCUT2D eigenvalue weighted by atomic mass is 10.1. The van der Waals surface area contributed by atoms with Gasteiger partial charge < -0.3 is 19.6 Å². The highest BCUT2D eigenvalue weighted by atomic mass is 19.1. The molecular formula is C21H21F2N5O4. The number of nitrogens with one attached hydrogen (secondary N) is 1. The summed E-state index contributed by atoms with van der Waals surface area (Å²) in [7, 11) is 0. The van der Waals surface area contributed by atoms with Gasteiger partial charge in [-0.2, -0.15) is 5.90 Å². The Hall–Kier alpha value is -3.31. The van der Waals surface area contributed by atoms with Crippen LogP contribution in [0.2, 0.25) is 0 Å². The molecular weight excluding hydrogens is 424 g/mol. The third-order valence-corrected chi connectivity index (χ3v) is 6.45. The normalized spacial score (nSPS) is 21.8. The lowest BCUT2D eigenvalue weighted by Crippen LogP contribution is -2.51. The molecule has 0 unspecified atom stereocenters. The monoisotopic (exact) mass is 445 g/mol. The molecule has 9 nitrogen and oxygen atoms in total. The van der Waals surface area contributed by atoms with E-state index in [9.17, 15) is 23.2 Å². The maximum atomic E-state index is 13.9. The maximum absolute atomic E-state index is 13.9. The number of hydrogen-bond acceptors (Lipinski definition) is 6. The summed E-state index contributed by atoms with van der Waals surface area (Å²) in [5, 5.41) is 2.45. The van der Waals surface area contributed by atoms with E-state index in [0.717, 1.165) is 25.5 Å². The van der Waals surface area contributed by atoms with Crippen molar-refractivity contribution in [3.8, 4) is 5.75 Å². The summed E-state index contributed by atoms with van der Waals surface area (Å²) in [5.74, 6) is 2.22. The van der Waals surface area contributed by atoms with Crippen LogP contribution < -0.4 is 21.5 Å². The van der Waals surface area contributed by atoms with Gasteiger partial charge in [0, 0.05) is 43.5 Å². The lowest BCUT2D eigenvalue weighted by Gasteiger charge is -2.36. The van der Waals surface area contributed by atoms with Gasteiger partial charge in [-0.1, -0.05) is 6.07 Å². The number of aromatic nitrogens is 1. The molecule has 2 saturated heterocycles. The topological polar surface area (TPSA) is 110 Å². The summed E-state index contributed by atoms with van der Waals surface area (Å²) in [4.78, 5) is 47.5. The predicted octanol–water partition coefficient (Wildman–Crippen LogP) is 0.569. The largest absolute Gasteiger partial charge is 0.405 e. The van der Waals surface area contributed by atoms with Crippen molar-refractivity contribution in [2.24, 2.45) is 5.90 Å². The number of halogens is 2. The first kappa shape index (κ1) is 20.6. The molecule has 32 heavy (non-hydrogen) atoms. The molecule has 0 spiro atoms. The van der Waals surface area contributed by atoms with Crippen molar-refractivity contribution in [2.75, 3.05) is 13.1 Å². The highest BCUT2D eigenvalue weighted by Crippen LogP contribution is 2.35. The van der Waals surface area contributed by atoms with Crippen molar-refractivity contribution in [3.63, 3.8) is 0 Å². The Labute approximate surface area is 181 Å². The molecule has 0 saturated carbocycles. The van der Waals surface area contributed by atoms with E-state index < -0.39 is 28.7 Å². The molecule has 5 rings (SSSR count). The van der Waals surface area contributed by atoms with Gasteiger partial charge in [-0.25, -0.2) is 8.78 Å². The standard InChI is InChI=1S/C21H21F2N5O4/c22-12-4-3-11(15(23)6-12)7-25-20(30)14-9-26-10-16-27-5-1-2-13(27)8-28(16)21(31)17(26)19(32-24)18(14)29/h3-4,6,9,13,16H,1-2,5,7-8,10,24H2,(H,25,30)/t13-,16+/m1/s1. The minimum Gasteiger partial charge on any atom is -0.405 e. The van der Waals surface area contributed by atoms with Gasteiger partial charge in [0.1, 0.15) is 23.4 Å². The predicted molar refractivity (Wildman–Crippen MR) is 108 cm³/mol. The van der Waals surface area contributed by atoms with Gasteiger partial charge in [0.2, 0.25) is 11.2 Å². The molecule has 2 atom stereocenters. The van der Waals surface area contributed by atoms with Gasteiger partial charge in [0.15, 0.2) is 5.69 Å². The molecule has 0 bridgehead atoms. The van der Waals surface area contributed by atoms with Crippen molar-refractivity contribution >= 4 is 11.8 Å². The van der Waals surface area contributed by atoms with Crippen LogP contribution in [0.3, 0.4) is 0 Å². The summed E-state index contributed by atoms with van der Waals surface area (Å²) in [6.07, 6.45) is 3.21. The smallest absolute Gasteiger partial charge is 0.275 e. The Morgan fingerprint density at radius 3 is 2.81 bits per heavy atom. The van der Waals surface area contributed by atoms with E-state index in [-0.39, 0.29) is 41.5 Å². The summed E-state index contributed by atoms with van der Waals surface area (Å²) >= 11 is 0. The van der Waals surface area contributed by atoms with Crippen molar-refractivity contribution in [1.29, 1.82) is 0 Å². The van der Waals surface area contributed by atoms with E-state index in [1.54, 1.807) is 4.90 Å². The van der Waals surface area contributed by atoms with Crippen LogP contribution in [0, 0.1) is 11.6 Å².